The molecule has 0 radical (unpaired) electrons. The van der Waals surface area contributed by atoms with E-state index in [9.17, 15) is 8.42 Å². The predicted octanol–water partition coefficient (Wildman–Crippen LogP) is 3.99. The number of allylic oxidation sites excluding steroid dienone is 1. The van der Waals surface area contributed by atoms with Gasteiger partial charge in [0, 0.05) is 38.1 Å². The number of nitrogens with one attached hydrogen (secondary N) is 2. The van der Waals surface area contributed by atoms with Gasteiger partial charge in [-0.15, -0.1) is 35.3 Å². The zero-order valence-electron chi connectivity index (χ0n) is 17.7. The first-order chi connectivity index (χ1) is 13.5. The highest BCUT2D eigenvalue weighted by atomic mass is 127. The minimum atomic E-state index is -3.36. The van der Waals surface area contributed by atoms with Gasteiger partial charge in [0.2, 0.25) is 0 Å². The number of rotatable bonds is 10. The molecule has 0 unspecified atom stereocenters. The second-order valence-electron chi connectivity index (χ2n) is 6.84. The molecule has 0 aliphatic heterocycles. The normalized spacial score (nSPS) is 15.0. The molecule has 29 heavy (non-hydrogen) atoms. The van der Waals surface area contributed by atoms with E-state index >= 15 is 0 Å². The van der Waals surface area contributed by atoms with Gasteiger partial charge in [-0.25, -0.2) is 8.42 Å². The van der Waals surface area contributed by atoms with E-state index < -0.39 is 10.0 Å². The van der Waals surface area contributed by atoms with Crippen molar-refractivity contribution < 1.29 is 8.42 Å². The molecule has 9 heteroatoms. The van der Waals surface area contributed by atoms with Gasteiger partial charge in [0.1, 0.15) is 4.21 Å². The summed E-state index contributed by atoms with van der Waals surface area (Å²) in [5.74, 6) is 0.795. The molecule has 0 saturated heterocycles. The molecule has 0 saturated carbocycles. The van der Waals surface area contributed by atoms with Gasteiger partial charge in [-0.3, -0.25) is 4.99 Å². The van der Waals surface area contributed by atoms with Gasteiger partial charge >= 0.3 is 0 Å². The quantitative estimate of drug-likeness (QED) is 0.199. The Balaban J connectivity index is 0.00000420. The highest BCUT2D eigenvalue weighted by Crippen LogP contribution is 2.25. The number of sulfonamides is 1. The fraction of sp³-hybridized carbons (Fsp3) is 0.650. The maximum Gasteiger partial charge on any atom is 0.252 e. The van der Waals surface area contributed by atoms with Crippen molar-refractivity contribution in [2.45, 2.75) is 56.6 Å². The van der Waals surface area contributed by atoms with Crippen molar-refractivity contribution in [3.05, 3.63) is 28.7 Å². The first kappa shape index (κ1) is 26.4. The van der Waals surface area contributed by atoms with Gasteiger partial charge in [0.25, 0.3) is 10.0 Å². The zero-order chi connectivity index (χ0) is 20.4. The number of hydrogen-bond acceptors (Lipinski definition) is 4. The first-order valence-electron chi connectivity index (χ1n) is 10.2. The molecule has 2 rings (SSSR count). The molecule has 1 aromatic rings. The average Bonchev–Trinajstić information content (AvgIpc) is 3.18. The van der Waals surface area contributed by atoms with Crippen molar-refractivity contribution in [1.82, 2.24) is 14.9 Å². The summed E-state index contributed by atoms with van der Waals surface area (Å²) in [6.07, 6.45) is 9.29. The monoisotopic (exact) mass is 554 g/mol. The van der Waals surface area contributed by atoms with E-state index in [0.29, 0.717) is 23.8 Å². The molecule has 0 bridgehead atoms. The maximum atomic E-state index is 12.6. The van der Waals surface area contributed by atoms with Crippen LogP contribution in [0.2, 0.25) is 0 Å². The van der Waals surface area contributed by atoms with Crippen LogP contribution in [0.4, 0.5) is 0 Å². The number of thiophene rings is 1. The summed E-state index contributed by atoms with van der Waals surface area (Å²) in [6.45, 7) is 6.31. The van der Waals surface area contributed by atoms with Crippen LogP contribution in [0.1, 0.15) is 50.8 Å². The molecule has 1 aliphatic carbocycles. The summed E-state index contributed by atoms with van der Waals surface area (Å²) in [5.41, 5.74) is 1.55. The number of guanidine groups is 1. The minimum absolute atomic E-state index is 0. The van der Waals surface area contributed by atoms with Crippen molar-refractivity contribution in [3.8, 4) is 0 Å². The van der Waals surface area contributed by atoms with Crippen molar-refractivity contribution in [2.75, 3.05) is 33.2 Å². The highest BCUT2D eigenvalue weighted by molar-refractivity contribution is 14.0. The molecule has 1 aliphatic rings. The van der Waals surface area contributed by atoms with Crippen LogP contribution in [0.15, 0.2) is 33.0 Å². The maximum absolute atomic E-state index is 12.6. The third kappa shape index (κ3) is 8.18. The van der Waals surface area contributed by atoms with Gasteiger partial charge < -0.3 is 10.6 Å². The summed E-state index contributed by atoms with van der Waals surface area (Å²) in [6, 6.07) is 3.63. The Hall–Kier alpha value is -0.650. The van der Waals surface area contributed by atoms with Crippen molar-refractivity contribution >= 4 is 51.3 Å². The highest BCUT2D eigenvalue weighted by Gasteiger charge is 2.23. The second kappa shape index (κ2) is 13.6. The Bertz CT molecular complexity index is 771. The van der Waals surface area contributed by atoms with Crippen LogP contribution >= 0.6 is 35.3 Å². The van der Waals surface area contributed by atoms with Gasteiger partial charge in [-0.2, -0.15) is 4.31 Å². The number of aliphatic imine (C=N–C) groups is 1. The lowest BCUT2D eigenvalue weighted by Crippen LogP contribution is -2.38. The molecular formula is C20H35IN4O2S2. The molecule has 1 heterocycles. The molecular weight excluding hydrogens is 519 g/mol. The average molecular weight is 555 g/mol. The van der Waals surface area contributed by atoms with E-state index in [1.165, 1.54) is 41.3 Å². The lowest BCUT2D eigenvalue weighted by Gasteiger charge is -2.16. The Morgan fingerprint density at radius 2 is 1.83 bits per heavy atom. The molecule has 0 spiro atoms. The summed E-state index contributed by atoms with van der Waals surface area (Å²) in [5, 5.41) is 6.68. The van der Waals surface area contributed by atoms with Gasteiger partial charge in [0.05, 0.1) is 0 Å². The minimum Gasteiger partial charge on any atom is -0.356 e. The van der Waals surface area contributed by atoms with Crippen LogP contribution < -0.4 is 10.6 Å². The fourth-order valence-corrected chi connectivity index (χ4v) is 6.29. The smallest absolute Gasteiger partial charge is 0.252 e. The Kier molecular flexibility index (Phi) is 12.4. The summed E-state index contributed by atoms with van der Waals surface area (Å²) >= 11 is 1.36. The lowest BCUT2D eigenvalue weighted by atomic mass is 9.97. The topological polar surface area (TPSA) is 73.8 Å². The summed E-state index contributed by atoms with van der Waals surface area (Å²) in [4.78, 5) is 5.32. The SMILES string of the molecule is CCN(CC)S(=O)(=O)c1ccc(CCNC(=NC)NCCC2=CCCCC2)s1.I. The Morgan fingerprint density at radius 1 is 1.14 bits per heavy atom. The Morgan fingerprint density at radius 3 is 2.41 bits per heavy atom. The van der Waals surface area contributed by atoms with Crippen molar-refractivity contribution in [1.29, 1.82) is 0 Å². The third-order valence-corrected chi connectivity index (χ3v) is 8.61. The fourth-order valence-electron chi connectivity index (χ4n) is 3.32. The van der Waals surface area contributed by atoms with E-state index in [1.807, 2.05) is 19.9 Å². The van der Waals surface area contributed by atoms with Crippen molar-refractivity contribution in [2.24, 2.45) is 4.99 Å². The van der Waals surface area contributed by atoms with Crippen LogP contribution in [0.5, 0.6) is 0 Å². The lowest BCUT2D eigenvalue weighted by molar-refractivity contribution is 0.447. The molecule has 2 N–H and O–H groups in total. The second-order valence-corrected chi connectivity index (χ2v) is 10.2. The molecule has 166 valence electrons. The first-order valence-corrected chi connectivity index (χ1v) is 12.5. The van der Waals surface area contributed by atoms with Crippen LogP contribution in [-0.4, -0.2) is 51.9 Å². The summed E-state index contributed by atoms with van der Waals surface area (Å²) in [7, 11) is -1.59. The standard InChI is InChI=1S/C20H34N4O2S2.HI/c1-4-24(5-2)28(25,26)19-12-11-18(27-19)14-16-23-20(21-3)22-15-13-17-9-7-6-8-10-17;/h9,11-12H,4-8,10,13-16H2,1-3H3,(H2,21,22,23);1H. The predicted molar refractivity (Wildman–Crippen MR) is 134 cm³/mol. The molecule has 0 atom stereocenters. The Labute approximate surface area is 197 Å². The van der Waals surface area contributed by atoms with E-state index in [-0.39, 0.29) is 24.0 Å². The van der Waals surface area contributed by atoms with E-state index in [1.54, 1.807) is 18.7 Å². The molecule has 6 nitrogen and oxygen atoms in total. The van der Waals surface area contributed by atoms with Gasteiger partial charge in [-0.05, 0) is 50.7 Å². The van der Waals surface area contributed by atoms with E-state index in [4.69, 9.17) is 0 Å². The number of hydrogen-bond donors (Lipinski definition) is 2. The molecule has 0 aromatic carbocycles. The summed E-state index contributed by atoms with van der Waals surface area (Å²) < 4.78 is 27.1. The zero-order valence-corrected chi connectivity index (χ0v) is 21.7. The van der Waals surface area contributed by atoms with Crippen LogP contribution in [-0.2, 0) is 16.4 Å². The molecule has 0 fully saturated rings. The largest absolute Gasteiger partial charge is 0.356 e. The van der Waals surface area contributed by atoms with E-state index in [0.717, 1.165) is 30.2 Å². The molecule has 0 amide bonds. The molecule has 1 aromatic heterocycles. The van der Waals surface area contributed by atoms with Crippen LogP contribution in [0.25, 0.3) is 0 Å². The van der Waals surface area contributed by atoms with Gasteiger partial charge in [0.15, 0.2) is 5.96 Å². The van der Waals surface area contributed by atoms with Crippen molar-refractivity contribution in [3.63, 3.8) is 0 Å². The van der Waals surface area contributed by atoms with E-state index in [2.05, 4.69) is 21.7 Å². The van der Waals surface area contributed by atoms with Gasteiger partial charge in [-0.1, -0.05) is 25.5 Å². The van der Waals surface area contributed by atoms with Crippen LogP contribution in [0, 0.1) is 0 Å². The number of nitrogens with zero attached hydrogens (tertiary/aromatic N) is 2. The third-order valence-electron chi connectivity index (χ3n) is 4.95. The number of halogens is 1. The van der Waals surface area contributed by atoms with Crippen LogP contribution in [0.3, 0.4) is 0 Å².